The van der Waals surface area contributed by atoms with Gasteiger partial charge >= 0.3 is 12.2 Å². The lowest BCUT2D eigenvalue weighted by molar-refractivity contribution is -0.140. The van der Waals surface area contributed by atoms with E-state index in [0.717, 1.165) is 6.07 Å². The Labute approximate surface area is 173 Å². The molecule has 0 saturated carbocycles. The molecule has 0 aromatic heterocycles. The van der Waals surface area contributed by atoms with Crippen molar-refractivity contribution >= 4 is 23.3 Å². The topological polar surface area (TPSA) is 79.9 Å². The van der Waals surface area contributed by atoms with Gasteiger partial charge in [-0.1, -0.05) is 0 Å². The summed E-state index contributed by atoms with van der Waals surface area (Å²) in [5, 5.41) is 4.78. The average molecular weight is 439 g/mol. The number of alkyl halides is 3. The predicted molar refractivity (Wildman–Crippen MR) is 102 cm³/mol. The summed E-state index contributed by atoms with van der Waals surface area (Å²) >= 11 is 0. The molecular weight excluding hydrogens is 422 g/mol. The van der Waals surface area contributed by atoms with Crippen molar-refractivity contribution in [2.75, 3.05) is 30.0 Å². The van der Waals surface area contributed by atoms with Gasteiger partial charge in [-0.3, -0.25) is 4.79 Å². The molecule has 164 valence electrons. The highest BCUT2D eigenvalue weighted by atomic mass is 19.4. The quantitative estimate of drug-likeness (QED) is 0.717. The van der Waals surface area contributed by atoms with Crippen molar-refractivity contribution in [1.82, 2.24) is 5.32 Å². The van der Waals surface area contributed by atoms with Crippen LogP contribution in [0.2, 0.25) is 0 Å². The van der Waals surface area contributed by atoms with E-state index < -0.39 is 29.6 Å². The number of amides is 3. The number of urea groups is 1. The number of rotatable bonds is 3. The molecule has 2 heterocycles. The smallest absolute Gasteiger partial charge is 0.419 e. The molecule has 0 spiro atoms. The molecule has 1 unspecified atom stereocenters. The molecule has 4 rings (SSSR count). The van der Waals surface area contributed by atoms with Crippen LogP contribution in [-0.4, -0.2) is 37.7 Å². The number of fused-ring (bicyclic) bond motifs is 1. The molecule has 1 atom stereocenters. The first-order chi connectivity index (χ1) is 14.7. The van der Waals surface area contributed by atoms with E-state index >= 15 is 0 Å². The lowest BCUT2D eigenvalue weighted by Gasteiger charge is -2.22. The Morgan fingerprint density at radius 3 is 2.55 bits per heavy atom. The minimum atomic E-state index is -4.89. The monoisotopic (exact) mass is 439 g/mol. The molecular formula is C20H17F4N3O4. The third-order valence-electron chi connectivity index (χ3n) is 4.83. The highest BCUT2D eigenvalue weighted by Gasteiger charge is 2.35. The minimum Gasteiger partial charge on any atom is -0.486 e. The molecule has 0 bridgehead atoms. The maximum atomic E-state index is 13.4. The first kappa shape index (κ1) is 20.8. The SMILES string of the molecule is O=C(Nc1ccc(F)c(C(F)(F)F)c1)NC1CC(=O)N(c2ccc3c(c2)OCCO3)C1. The lowest BCUT2D eigenvalue weighted by atomic mass is 10.2. The molecule has 3 amide bonds. The first-order valence-electron chi connectivity index (χ1n) is 9.35. The first-order valence-corrected chi connectivity index (χ1v) is 9.35. The number of carbonyl (C=O) groups is 2. The zero-order valence-corrected chi connectivity index (χ0v) is 16.0. The molecule has 2 aromatic carbocycles. The van der Waals surface area contributed by atoms with Crippen molar-refractivity contribution in [3.05, 3.63) is 47.8 Å². The van der Waals surface area contributed by atoms with E-state index in [-0.39, 0.29) is 24.6 Å². The molecule has 2 aromatic rings. The van der Waals surface area contributed by atoms with Gasteiger partial charge in [-0.05, 0) is 30.3 Å². The van der Waals surface area contributed by atoms with Crippen LogP contribution < -0.4 is 25.0 Å². The summed E-state index contributed by atoms with van der Waals surface area (Å²) in [6, 6.07) is 5.85. The Bertz CT molecular complexity index is 1030. The second-order valence-electron chi connectivity index (χ2n) is 7.02. The van der Waals surface area contributed by atoms with Gasteiger partial charge in [-0.25, -0.2) is 9.18 Å². The second-order valence-corrected chi connectivity index (χ2v) is 7.02. The number of nitrogens with zero attached hydrogens (tertiary/aromatic N) is 1. The maximum Gasteiger partial charge on any atom is 0.419 e. The highest BCUT2D eigenvalue weighted by Crippen LogP contribution is 2.35. The molecule has 31 heavy (non-hydrogen) atoms. The van der Waals surface area contributed by atoms with E-state index in [1.807, 2.05) is 0 Å². The summed E-state index contributed by atoms with van der Waals surface area (Å²) in [4.78, 5) is 26.1. The van der Waals surface area contributed by atoms with E-state index in [1.165, 1.54) is 4.90 Å². The third kappa shape index (κ3) is 4.49. The Hall–Kier alpha value is -3.50. The summed E-state index contributed by atoms with van der Waals surface area (Å²) in [5.74, 6) is -0.575. The average Bonchev–Trinajstić information content (AvgIpc) is 3.08. The van der Waals surface area contributed by atoms with Crippen molar-refractivity contribution in [3.8, 4) is 11.5 Å². The molecule has 7 nitrogen and oxygen atoms in total. The van der Waals surface area contributed by atoms with Crippen LogP contribution in [0.5, 0.6) is 11.5 Å². The van der Waals surface area contributed by atoms with Crippen LogP contribution in [0.3, 0.4) is 0 Å². The number of halogens is 4. The van der Waals surface area contributed by atoms with Crippen molar-refractivity contribution in [3.63, 3.8) is 0 Å². The van der Waals surface area contributed by atoms with Gasteiger partial charge in [0.05, 0.1) is 11.6 Å². The zero-order valence-electron chi connectivity index (χ0n) is 16.0. The number of anilines is 2. The van der Waals surface area contributed by atoms with Crippen LogP contribution in [-0.2, 0) is 11.0 Å². The summed E-state index contributed by atoms with van der Waals surface area (Å²) in [5.41, 5.74) is -1.13. The fourth-order valence-corrected chi connectivity index (χ4v) is 3.43. The van der Waals surface area contributed by atoms with Gasteiger partial charge in [-0.2, -0.15) is 13.2 Å². The molecule has 2 aliphatic rings. The van der Waals surface area contributed by atoms with Crippen LogP contribution in [0, 0.1) is 5.82 Å². The molecule has 1 fully saturated rings. The molecule has 11 heteroatoms. The Balaban J connectivity index is 1.40. The van der Waals surface area contributed by atoms with Crippen LogP contribution >= 0.6 is 0 Å². The van der Waals surface area contributed by atoms with E-state index in [0.29, 0.717) is 42.5 Å². The standard InChI is InChI=1S/C20H17F4N3O4/c21-15-3-1-11(7-14(15)20(22,23)24)25-19(29)26-12-8-18(28)27(10-12)13-2-4-16-17(9-13)31-6-5-30-16/h1-4,7,9,12H,5-6,8,10H2,(H2,25,26,29). The number of ether oxygens (including phenoxy) is 2. The lowest BCUT2D eigenvalue weighted by Crippen LogP contribution is -2.39. The fourth-order valence-electron chi connectivity index (χ4n) is 3.43. The van der Waals surface area contributed by atoms with E-state index in [4.69, 9.17) is 9.47 Å². The number of nitrogens with one attached hydrogen (secondary N) is 2. The summed E-state index contributed by atoms with van der Waals surface area (Å²) in [6.07, 6.45) is -4.88. The maximum absolute atomic E-state index is 13.4. The van der Waals surface area contributed by atoms with Crippen molar-refractivity contribution in [2.24, 2.45) is 0 Å². The van der Waals surface area contributed by atoms with Crippen molar-refractivity contribution < 1.29 is 36.6 Å². The van der Waals surface area contributed by atoms with Gasteiger partial charge in [0, 0.05) is 30.4 Å². The van der Waals surface area contributed by atoms with Gasteiger partial charge in [0.1, 0.15) is 19.0 Å². The van der Waals surface area contributed by atoms with E-state index in [1.54, 1.807) is 18.2 Å². The second kappa shape index (κ2) is 7.97. The molecule has 2 aliphatic heterocycles. The fraction of sp³-hybridized carbons (Fsp3) is 0.300. The molecule has 2 N–H and O–H groups in total. The summed E-state index contributed by atoms with van der Waals surface area (Å²) in [6.45, 7) is 1.01. The summed E-state index contributed by atoms with van der Waals surface area (Å²) in [7, 11) is 0. The molecule has 0 aliphatic carbocycles. The van der Waals surface area contributed by atoms with Crippen LogP contribution in [0.25, 0.3) is 0 Å². The molecule has 1 saturated heterocycles. The van der Waals surface area contributed by atoms with Crippen LogP contribution in [0.15, 0.2) is 36.4 Å². The number of benzene rings is 2. The highest BCUT2D eigenvalue weighted by molar-refractivity contribution is 5.98. The van der Waals surface area contributed by atoms with Gasteiger partial charge in [0.25, 0.3) is 0 Å². The van der Waals surface area contributed by atoms with Crippen LogP contribution in [0.4, 0.5) is 33.7 Å². The summed E-state index contributed by atoms with van der Waals surface area (Å²) < 4.78 is 62.8. The predicted octanol–water partition coefficient (Wildman–Crippen LogP) is 3.54. The Morgan fingerprint density at radius 1 is 1.06 bits per heavy atom. The van der Waals surface area contributed by atoms with Gasteiger partial charge < -0.3 is 25.0 Å². The van der Waals surface area contributed by atoms with Crippen molar-refractivity contribution in [2.45, 2.75) is 18.6 Å². The van der Waals surface area contributed by atoms with E-state index in [2.05, 4.69) is 10.6 Å². The normalized spacial score (nSPS) is 18.1. The van der Waals surface area contributed by atoms with Gasteiger partial charge in [-0.15, -0.1) is 0 Å². The molecule has 0 radical (unpaired) electrons. The van der Waals surface area contributed by atoms with Gasteiger partial charge in [0.2, 0.25) is 5.91 Å². The number of hydrogen-bond donors (Lipinski definition) is 2. The van der Waals surface area contributed by atoms with Crippen LogP contribution in [0.1, 0.15) is 12.0 Å². The third-order valence-corrected chi connectivity index (χ3v) is 4.83. The zero-order chi connectivity index (χ0) is 22.2. The Kier molecular flexibility index (Phi) is 5.34. The largest absolute Gasteiger partial charge is 0.486 e. The number of carbonyl (C=O) groups excluding carboxylic acids is 2. The van der Waals surface area contributed by atoms with Crippen molar-refractivity contribution in [1.29, 1.82) is 0 Å². The van der Waals surface area contributed by atoms with Gasteiger partial charge in [0.15, 0.2) is 11.5 Å². The Morgan fingerprint density at radius 2 is 1.81 bits per heavy atom. The minimum absolute atomic E-state index is 0.0130. The number of hydrogen-bond acceptors (Lipinski definition) is 4. The van der Waals surface area contributed by atoms with E-state index in [9.17, 15) is 27.2 Å².